The van der Waals surface area contributed by atoms with E-state index in [0.29, 0.717) is 17.7 Å². The van der Waals surface area contributed by atoms with Crippen LogP contribution in [0.3, 0.4) is 0 Å². The van der Waals surface area contributed by atoms with Gasteiger partial charge in [-0.05, 0) is 58.1 Å². The zero-order valence-electron chi connectivity index (χ0n) is 11.8. The Morgan fingerprint density at radius 1 is 1.30 bits per heavy atom. The molecule has 0 aliphatic rings. The van der Waals surface area contributed by atoms with E-state index in [1.807, 2.05) is 18.2 Å². The number of hydrogen-bond donors (Lipinski definition) is 0. The van der Waals surface area contributed by atoms with E-state index in [1.165, 1.54) is 11.1 Å². The molecule has 4 heteroatoms. The fourth-order valence-electron chi connectivity index (χ4n) is 2.13. The van der Waals surface area contributed by atoms with Crippen molar-refractivity contribution < 1.29 is 4.74 Å². The number of alkyl halides is 1. The summed E-state index contributed by atoms with van der Waals surface area (Å²) >= 11 is 9.31. The van der Waals surface area contributed by atoms with E-state index in [4.69, 9.17) is 16.3 Å². The maximum atomic E-state index is 5.93. The predicted molar refractivity (Wildman–Crippen MR) is 86.8 cm³/mol. The first-order chi connectivity index (χ1) is 9.51. The van der Waals surface area contributed by atoms with Crippen molar-refractivity contribution in [1.82, 2.24) is 4.98 Å². The molecule has 0 fully saturated rings. The smallest absolute Gasteiger partial charge is 0.223 e. The quantitative estimate of drug-likeness (QED) is 0.647. The Balaban J connectivity index is 2.28. The van der Waals surface area contributed by atoms with Gasteiger partial charge in [-0.3, -0.25) is 0 Å². The first kappa shape index (κ1) is 15.3. The third kappa shape index (κ3) is 3.53. The SMILES string of the molecule is Cc1cc(Oc2ncc(Br)cc2CCl)ccc1C(C)C. The molecular formula is C16H17BrClNO. The van der Waals surface area contributed by atoms with Crippen LogP contribution < -0.4 is 4.74 Å². The Morgan fingerprint density at radius 3 is 2.65 bits per heavy atom. The van der Waals surface area contributed by atoms with Crippen molar-refractivity contribution >= 4 is 27.5 Å². The summed E-state index contributed by atoms with van der Waals surface area (Å²) in [6.45, 7) is 6.47. The van der Waals surface area contributed by atoms with Gasteiger partial charge in [-0.2, -0.15) is 0 Å². The van der Waals surface area contributed by atoms with Gasteiger partial charge in [-0.15, -0.1) is 11.6 Å². The second-order valence-electron chi connectivity index (χ2n) is 5.03. The van der Waals surface area contributed by atoms with Gasteiger partial charge in [0.1, 0.15) is 5.75 Å². The van der Waals surface area contributed by atoms with Crippen molar-refractivity contribution in [3.63, 3.8) is 0 Å². The number of aryl methyl sites for hydroxylation is 1. The lowest BCUT2D eigenvalue weighted by Crippen LogP contribution is -1.96. The highest BCUT2D eigenvalue weighted by molar-refractivity contribution is 9.10. The Kier molecular flexibility index (Phi) is 5.06. The summed E-state index contributed by atoms with van der Waals surface area (Å²) in [5.41, 5.74) is 3.42. The number of aromatic nitrogens is 1. The topological polar surface area (TPSA) is 22.1 Å². The molecule has 20 heavy (non-hydrogen) atoms. The van der Waals surface area contributed by atoms with Crippen molar-refractivity contribution in [2.75, 3.05) is 0 Å². The highest BCUT2D eigenvalue weighted by atomic mass is 79.9. The van der Waals surface area contributed by atoms with E-state index in [2.05, 4.69) is 47.8 Å². The molecule has 0 aliphatic heterocycles. The van der Waals surface area contributed by atoms with Crippen LogP contribution in [0, 0.1) is 6.92 Å². The fraction of sp³-hybridized carbons (Fsp3) is 0.312. The molecule has 1 aromatic heterocycles. The van der Waals surface area contributed by atoms with E-state index >= 15 is 0 Å². The van der Waals surface area contributed by atoms with Gasteiger partial charge in [0.25, 0.3) is 0 Å². The van der Waals surface area contributed by atoms with Gasteiger partial charge < -0.3 is 4.74 Å². The van der Waals surface area contributed by atoms with Crippen molar-refractivity contribution in [2.24, 2.45) is 0 Å². The lowest BCUT2D eigenvalue weighted by molar-refractivity contribution is 0.457. The van der Waals surface area contributed by atoms with E-state index in [9.17, 15) is 0 Å². The number of nitrogens with zero attached hydrogens (tertiary/aromatic N) is 1. The van der Waals surface area contributed by atoms with E-state index in [0.717, 1.165) is 15.8 Å². The third-order valence-electron chi connectivity index (χ3n) is 3.11. The molecule has 1 heterocycles. The summed E-state index contributed by atoms with van der Waals surface area (Å²) in [6, 6.07) is 8.04. The van der Waals surface area contributed by atoms with Gasteiger partial charge >= 0.3 is 0 Å². The number of halogens is 2. The predicted octanol–water partition coefficient (Wildman–Crippen LogP) is 5.81. The van der Waals surface area contributed by atoms with Gasteiger partial charge in [0, 0.05) is 16.2 Å². The summed E-state index contributed by atoms with van der Waals surface area (Å²) in [6.07, 6.45) is 1.71. The van der Waals surface area contributed by atoms with Crippen LogP contribution in [-0.2, 0) is 5.88 Å². The van der Waals surface area contributed by atoms with Gasteiger partial charge in [-0.1, -0.05) is 19.9 Å². The maximum Gasteiger partial charge on any atom is 0.223 e. The fourth-order valence-corrected chi connectivity index (χ4v) is 2.70. The van der Waals surface area contributed by atoms with Crippen LogP contribution in [0.15, 0.2) is 34.9 Å². The largest absolute Gasteiger partial charge is 0.439 e. The highest BCUT2D eigenvalue weighted by Crippen LogP contribution is 2.29. The molecule has 2 aromatic rings. The molecule has 1 aromatic carbocycles. The Morgan fingerprint density at radius 2 is 2.05 bits per heavy atom. The van der Waals surface area contributed by atoms with Gasteiger partial charge in [0.15, 0.2) is 0 Å². The van der Waals surface area contributed by atoms with Crippen LogP contribution in [0.2, 0.25) is 0 Å². The monoisotopic (exact) mass is 353 g/mol. The summed E-state index contributed by atoms with van der Waals surface area (Å²) in [4.78, 5) is 4.28. The summed E-state index contributed by atoms with van der Waals surface area (Å²) < 4.78 is 6.75. The lowest BCUT2D eigenvalue weighted by atomic mass is 9.98. The van der Waals surface area contributed by atoms with Crippen LogP contribution in [-0.4, -0.2) is 4.98 Å². The normalized spacial score (nSPS) is 10.9. The van der Waals surface area contributed by atoms with Crippen molar-refractivity contribution in [1.29, 1.82) is 0 Å². The third-order valence-corrected chi connectivity index (χ3v) is 3.84. The average molecular weight is 355 g/mol. The van der Waals surface area contributed by atoms with E-state index < -0.39 is 0 Å². The highest BCUT2D eigenvalue weighted by Gasteiger charge is 2.09. The Labute approximate surface area is 133 Å². The zero-order valence-corrected chi connectivity index (χ0v) is 14.1. The number of hydrogen-bond acceptors (Lipinski definition) is 2. The minimum absolute atomic E-state index is 0.366. The van der Waals surface area contributed by atoms with Gasteiger partial charge in [0.05, 0.1) is 5.88 Å². The Hall–Kier alpha value is -1.06. The number of rotatable bonds is 4. The molecule has 2 nitrogen and oxygen atoms in total. The molecule has 2 rings (SSSR count). The lowest BCUT2D eigenvalue weighted by Gasteiger charge is -2.13. The van der Waals surface area contributed by atoms with E-state index in [1.54, 1.807) is 6.20 Å². The molecule has 106 valence electrons. The van der Waals surface area contributed by atoms with Gasteiger partial charge in [-0.25, -0.2) is 4.98 Å². The van der Waals surface area contributed by atoms with Crippen LogP contribution >= 0.6 is 27.5 Å². The summed E-state index contributed by atoms with van der Waals surface area (Å²) in [7, 11) is 0. The molecule has 0 N–H and O–H groups in total. The average Bonchev–Trinajstić information content (AvgIpc) is 2.40. The van der Waals surface area contributed by atoms with Crippen molar-refractivity contribution in [3.8, 4) is 11.6 Å². The Bertz CT molecular complexity index is 613. The minimum Gasteiger partial charge on any atom is -0.439 e. The molecule has 0 saturated carbocycles. The summed E-state index contributed by atoms with van der Waals surface area (Å²) in [5.74, 6) is 2.21. The van der Waals surface area contributed by atoms with Crippen LogP contribution in [0.25, 0.3) is 0 Å². The second kappa shape index (κ2) is 6.59. The zero-order chi connectivity index (χ0) is 14.7. The van der Waals surface area contributed by atoms with Crippen LogP contribution in [0.1, 0.15) is 36.5 Å². The first-order valence-corrected chi connectivity index (χ1v) is 7.82. The molecule has 0 atom stereocenters. The van der Waals surface area contributed by atoms with Crippen molar-refractivity contribution in [3.05, 3.63) is 51.6 Å². The second-order valence-corrected chi connectivity index (χ2v) is 6.21. The minimum atomic E-state index is 0.366. The molecular weight excluding hydrogens is 338 g/mol. The molecule has 0 amide bonds. The van der Waals surface area contributed by atoms with Crippen LogP contribution in [0.5, 0.6) is 11.6 Å². The first-order valence-electron chi connectivity index (χ1n) is 6.50. The number of benzene rings is 1. The van der Waals surface area contributed by atoms with Crippen LogP contribution in [0.4, 0.5) is 0 Å². The summed E-state index contributed by atoms with van der Waals surface area (Å²) in [5, 5.41) is 0. The molecule has 0 spiro atoms. The van der Waals surface area contributed by atoms with E-state index in [-0.39, 0.29) is 0 Å². The van der Waals surface area contributed by atoms with Gasteiger partial charge in [0.2, 0.25) is 5.88 Å². The van der Waals surface area contributed by atoms with Crippen molar-refractivity contribution in [2.45, 2.75) is 32.6 Å². The molecule has 0 radical (unpaired) electrons. The molecule has 0 bridgehead atoms. The molecule has 0 saturated heterocycles. The maximum absolute atomic E-state index is 5.93. The standard InChI is InChI=1S/C16H17BrClNO/c1-10(2)15-5-4-14(6-11(15)3)20-16-12(8-18)7-13(17)9-19-16/h4-7,9-10H,8H2,1-3H3. The number of pyridine rings is 1. The molecule has 0 aliphatic carbocycles. The molecule has 0 unspecified atom stereocenters. The number of ether oxygens (including phenoxy) is 1.